The molecule has 0 bridgehead atoms. The van der Waals surface area contributed by atoms with Crippen molar-refractivity contribution in [3.63, 3.8) is 0 Å². The van der Waals surface area contributed by atoms with Crippen LogP contribution in [0.1, 0.15) is 55.7 Å². The SMILES string of the molecule is CCCCCCCc1ccc(/C=N/N=C/c2ccc(OC(F)F)cc2)cc1. The highest BCUT2D eigenvalue weighted by molar-refractivity contribution is 5.82. The number of rotatable bonds is 11. The van der Waals surface area contributed by atoms with Crippen LogP contribution in [0, 0.1) is 0 Å². The predicted octanol–water partition coefficient (Wildman–Crippen LogP) is 6.25. The zero-order chi connectivity index (χ0) is 19.3. The third-order valence-corrected chi connectivity index (χ3v) is 4.13. The monoisotopic (exact) mass is 372 g/mol. The highest BCUT2D eigenvalue weighted by Gasteiger charge is 2.02. The van der Waals surface area contributed by atoms with Crippen LogP contribution < -0.4 is 4.74 Å². The molecule has 3 nitrogen and oxygen atoms in total. The first kappa shape index (κ1) is 20.7. The second kappa shape index (κ2) is 11.9. The fraction of sp³-hybridized carbons (Fsp3) is 0.364. The molecule has 0 aliphatic rings. The molecule has 2 aromatic rings. The lowest BCUT2D eigenvalue weighted by Crippen LogP contribution is -2.01. The molecule has 27 heavy (non-hydrogen) atoms. The van der Waals surface area contributed by atoms with Gasteiger partial charge in [-0.15, -0.1) is 0 Å². The Labute approximate surface area is 159 Å². The molecule has 0 amide bonds. The molecule has 0 saturated carbocycles. The molecule has 2 rings (SSSR count). The lowest BCUT2D eigenvalue weighted by Gasteiger charge is -2.03. The van der Waals surface area contributed by atoms with Crippen LogP contribution in [0.5, 0.6) is 5.75 Å². The topological polar surface area (TPSA) is 34.0 Å². The Balaban J connectivity index is 1.77. The third-order valence-electron chi connectivity index (χ3n) is 4.13. The summed E-state index contributed by atoms with van der Waals surface area (Å²) in [5, 5.41) is 8.01. The number of halogens is 2. The summed E-state index contributed by atoms with van der Waals surface area (Å²) < 4.78 is 28.5. The van der Waals surface area contributed by atoms with Crippen molar-refractivity contribution in [3.8, 4) is 5.75 Å². The van der Waals surface area contributed by atoms with Crippen molar-refractivity contribution < 1.29 is 13.5 Å². The molecule has 0 spiro atoms. The van der Waals surface area contributed by atoms with Gasteiger partial charge in [0.25, 0.3) is 0 Å². The van der Waals surface area contributed by atoms with Crippen molar-refractivity contribution in [2.45, 2.75) is 52.1 Å². The van der Waals surface area contributed by atoms with Crippen molar-refractivity contribution in [1.29, 1.82) is 0 Å². The van der Waals surface area contributed by atoms with Crippen molar-refractivity contribution >= 4 is 12.4 Å². The van der Waals surface area contributed by atoms with Gasteiger partial charge in [-0.25, -0.2) is 0 Å². The summed E-state index contributed by atoms with van der Waals surface area (Å²) in [7, 11) is 0. The largest absolute Gasteiger partial charge is 0.435 e. The molecule has 0 radical (unpaired) electrons. The number of ether oxygens (including phenoxy) is 1. The van der Waals surface area contributed by atoms with Gasteiger partial charge in [0.15, 0.2) is 0 Å². The molecule has 2 aromatic carbocycles. The average Bonchev–Trinajstić information content (AvgIpc) is 2.67. The summed E-state index contributed by atoms with van der Waals surface area (Å²) in [5.41, 5.74) is 3.09. The molecule has 0 aliphatic heterocycles. The van der Waals surface area contributed by atoms with Crippen LogP contribution in [0.25, 0.3) is 0 Å². The first-order valence-corrected chi connectivity index (χ1v) is 9.37. The van der Waals surface area contributed by atoms with Gasteiger partial charge in [0.05, 0.1) is 12.4 Å². The van der Waals surface area contributed by atoms with Crippen molar-refractivity contribution in [2.75, 3.05) is 0 Å². The summed E-state index contributed by atoms with van der Waals surface area (Å²) in [4.78, 5) is 0. The Bertz CT molecular complexity index is 710. The van der Waals surface area contributed by atoms with Gasteiger partial charge in [0, 0.05) is 0 Å². The Morgan fingerprint density at radius 2 is 1.37 bits per heavy atom. The quantitative estimate of drug-likeness (QED) is 0.261. The molecular weight excluding hydrogens is 346 g/mol. The van der Waals surface area contributed by atoms with Crippen molar-refractivity contribution in [3.05, 3.63) is 65.2 Å². The lowest BCUT2D eigenvalue weighted by molar-refractivity contribution is -0.0498. The Morgan fingerprint density at radius 3 is 1.93 bits per heavy atom. The van der Waals surface area contributed by atoms with Crippen LogP contribution in [-0.4, -0.2) is 19.0 Å². The smallest absolute Gasteiger partial charge is 0.387 e. The fourth-order valence-corrected chi connectivity index (χ4v) is 2.64. The van der Waals surface area contributed by atoms with E-state index in [0.717, 1.165) is 17.5 Å². The molecule has 0 aliphatic carbocycles. The molecule has 0 atom stereocenters. The highest BCUT2D eigenvalue weighted by atomic mass is 19.3. The first-order chi connectivity index (χ1) is 13.2. The molecule has 0 N–H and O–H groups in total. The summed E-state index contributed by atoms with van der Waals surface area (Å²) >= 11 is 0. The normalized spacial score (nSPS) is 11.7. The van der Waals surface area contributed by atoms with E-state index >= 15 is 0 Å². The second-order valence-corrected chi connectivity index (χ2v) is 6.34. The fourth-order valence-electron chi connectivity index (χ4n) is 2.64. The van der Waals surface area contributed by atoms with E-state index in [1.807, 2.05) is 12.1 Å². The van der Waals surface area contributed by atoms with Crippen LogP contribution in [-0.2, 0) is 6.42 Å². The lowest BCUT2D eigenvalue weighted by atomic mass is 10.0. The van der Waals surface area contributed by atoms with Gasteiger partial charge in [-0.3, -0.25) is 0 Å². The minimum Gasteiger partial charge on any atom is -0.435 e. The molecule has 0 aromatic heterocycles. The number of alkyl halides is 2. The molecule has 0 heterocycles. The maximum Gasteiger partial charge on any atom is 0.387 e. The summed E-state index contributed by atoms with van der Waals surface area (Å²) in [6, 6.07) is 14.6. The van der Waals surface area contributed by atoms with E-state index in [-0.39, 0.29) is 5.75 Å². The summed E-state index contributed by atoms with van der Waals surface area (Å²) in [5.74, 6) is 0.121. The van der Waals surface area contributed by atoms with E-state index in [1.54, 1.807) is 24.6 Å². The molecule has 0 saturated heterocycles. The molecule has 144 valence electrons. The number of nitrogens with zero attached hydrogens (tertiary/aromatic N) is 2. The van der Waals surface area contributed by atoms with Crippen molar-refractivity contribution in [2.24, 2.45) is 10.2 Å². The van der Waals surface area contributed by atoms with Crippen LogP contribution in [0.4, 0.5) is 8.78 Å². The molecule has 0 unspecified atom stereocenters. The van der Waals surface area contributed by atoms with Crippen LogP contribution >= 0.6 is 0 Å². The van der Waals surface area contributed by atoms with E-state index in [1.165, 1.54) is 49.8 Å². The number of benzene rings is 2. The van der Waals surface area contributed by atoms with E-state index in [0.29, 0.717) is 0 Å². The number of hydrogen-bond acceptors (Lipinski definition) is 3. The zero-order valence-electron chi connectivity index (χ0n) is 15.7. The van der Waals surface area contributed by atoms with Crippen molar-refractivity contribution in [1.82, 2.24) is 0 Å². The first-order valence-electron chi connectivity index (χ1n) is 9.37. The standard InChI is InChI=1S/C22H26F2N2O/c1-2-3-4-5-6-7-18-8-10-19(11-9-18)16-25-26-17-20-12-14-21(15-13-20)27-22(23)24/h8-17,22H,2-7H2,1H3/b25-16+,26-17+. The second-order valence-electron chi connectivity index (χ2n) is 6.34. The minimum atomic E-state index is -2.82. The van der Waals surface area contributed by atoms with E-state index in [4.69, 9.17) is 0 Å². The third kappa shape index (κ3) is 8.58. The van der Waals surface area contributed by atoms with E-state index in [2.05, 4.69) is 34.0 Å². The average molecular weight is 372 g/mol. The summed E-state index contributed by atoms with van der Waals surface area (Å²) in [6.07, 6.45) is 10.8. The van der Waals surface area contributed by atoms with Crippen LogP contribution in [0.3, 0.4) is 0 Å². The number of hydrogen-bond donors (Lipinski definition) is 0. The van der Waals surface area contributed by atoms with Crippen LogP contribution in [0.15, 0.2) is 58.7 Å². The van der Waals surface area contributed by atoms with Crippen LogP contribution in [0.2, 0.25) is 0 Å². The Kier molecular flexibility index (Phi) is 9.18. The Morgan fingerprint density at radius 1 is 0.815 bits per heavy atom. The van der Waals surface area contributed by atoms with Gasteiger partial charge in [-0.2, -0.15) is 19.0 Å². The highest BCUT2D eigenvalue weighted by Crippen LogP contribution is 2.14. The minimum absolute atomic E-state index is 0.121. The number of aryl methyl sites for hydroxylation is 1. The maximum atomic E-state index is 12.1. The van der Waals surface area contributed by atoms with E-state index in [9.17, 15) is 8.78 Å². The maximum absolute atomic E-state index is 12.1. The molecular formula is C22H26F2N2O. The molecule has 5 heteroatoms. The zero-order valence-corrected chi connectivity index (χ0v) is 15.7. The predicted molar refractivity (Wildman–Crippen MR) is 107 cm³/mol. The van der Waals surface area contributed by atoms with Gasteiger partial charge >= 0.3 is 6.61 Å². The van der Waals surface area contributed by atoms with Gasteiger partial charge in [0.1, 0.15) is 5.75 Å². The Hall–Kier alpha value is -2.56. The van der Waals surface area contributed by atoms with Gasteiger partial charge in [-0.05, 0) is 53.8 Å². The summed E-state index contributed by atoms with van der Waals surface area (Å²) in [6.45, 7) is -0.590. The number of unbranched alkanes of at least 4 members (excludes halogenated alkanes) is 4. The van der Waals surface area contributed by atoms with Gasteiger partial charge in [0.2, 0.25) is 0 Å². The molecule has 0 fully saturated rings. The van der Waals surface area contributed by atoms with Gasteiger partial charge in [-0.1, -0.05) is 56.9 Å². The van der Waals surface area contributed by atoms with Gasteiger partial charge < -0.3 is 4.74 Å². The van der Waals surface area contributed by atoms with E-state index < -0.39 is 6.61 Å².